The molecule has 0 atom stereocenters. The minimum atomic E-state index is 0.184. The van der Waals surface area contributed by atoms with Crippen LogP contribution in [0.5, 0.6) is 0 Å². The first-order valence-electron chi connectivity index (χ1n) is 4.68. The molecule has 0 aromatic carbocycles. The molecule has 0 bridgehead atoms. The van der Waals surface area contributed by atoms with Crippen LogP contribution in [-0.2, 0) is 0 Å². The van der Waals surface area contributed by atoms with Gasteiger partial charge in [0.05, 0.1) is 11.6 Å². The average molecular weight is 317 g/mol. The number of nitrogens with zero attached hydrogens (tertiary/aromatic N) is 5. The van der Waals surface area contributed by atoms with Crippen LogP contribution in [0, 0.1) is 0 Å². The van der Waals surface area contributed by atoms with Crippen LogP contribution in [0.3, 0.4) is 0 Å². The summed E-state index contributed by atoms with van der Waals surface area (Å²) in [5, 5.41) is 16.5. The molecule has 3 heterocycles. The number of thioether (sulfide) groups is 1. The molecular weight excluding hydrogens is 312 g/mol. The summed E-state index contributed by atoms with van der Waals surface area (Å²) in [4.78, 5) is 8.24. The highest BCUT2D eigenvalue weighted by Gasteiger charge is 2.12. The van der Waals surface area contributed by atoms with Crippen molar-refractivity contribution in [3.63, 3.8) is 0 Å². The lowest BCUT2D eigenvalue weighted by atomic mass is 10.4. The van der Waals surface area contributed by atoms with E-state index in [4.69, 9.17) is 11.6 Å². The molecule has 3 rings (SSSR count). The van der Waals surface area contributed by atoms with E-state index in [1.54, 1.807) is 18.0 Å². The normalized spacial score (nSPS) is 11.2. The molecule has 3 aromatic heterocycles. The molecule has 0 saturated carbocycles. The molecule has 0 aliphatic rings. The highest BCUT2D eigenvalue weighted by atomic mass is 35.5. The molecule has 0 amide bonds. The summed E-state index contributed by atoms with van der Waals surface area (Å²) in [6.45, 7) is 0. The highest BCUT2D eigenvalue weighted by Crippen LogP contribution is 2.35. The highest BCUT2D eigenvalue weighted by molar-refractivity contribution is 8.03. The van der Waals surface area contributed by atoms with Gasteiger partial charge in [-0.15, -0.1) is 10.2 Å². The third-order valence-corrected chi connectivity index (χ3v) is 5.12. The monoisotopic (exact) mass is 316 g/mol. The van der Waals surface area contributed by atoms with Crippen molar-refractivity contribution in [2.75, 3.05) is 6.26 Å². The van der Waals surface area contributed by atoms with E-state index in [9.17, 15) is 0 Å². The van der Waals surface area contributed by atoms with Crippen molar-refractivity contribution in [1.82, 2.24) is 30.4 Å². The van der Waals surface area contributed by atoms with E-state index < -0.39 is 0 Å². The van der Waals surface area contributed by atoms with Crippen LogP contribution in [0.15, 0.2) is 19.9 Å². The molecule has 0 fully saturated rings. The Balaban J connectivity index is 2.00. The summed E-state index contributed by atoms with van der Waals surface area (Å²) >= 11 is 10.3. The molecule has 0 saturated heterocycles. The van der Waals surface area contributed by atoms with Gasteiger partial charge in [0.2, 0.25) is 5.28 Å². The fourth-order valence-corrected chi connectivity index (χ4v) is 3.93. The number of fused-ring (bicyclic) bond motifs is 1. The molecule has 6 nitrogen and oxygen atoms in total. The Bertz CT molecular complexity index is 695. The van der Waals surface area contributed by atoms with Crippen molar-refractivity contribution in [3.8, 4) is 0 Å². The quantitative estimate of drug-likeness (QED) is 0.452. The zero-order chi connectivity index (χ0) is 12.5. The van der Waals surface area contributed by atoms with Crippen LogP contribution < -0.4 is 0 Å². The van der Waals surface area contributed by atoms with E-state index in [1.807, 2.05) is 6.26 Å². The Morgan fingerprint density at radius 3 is 2.89 bits per heavy atom. The maximum Gasteiger partial charge on any atom is 0.225 e. The third kappa shape index (κ3) is 2.30. The van der Waals surface area contributed by atoms with Gasteiger partial charge in [0.15, 0.2) is 14.3 Å². The molecule has 0 aliphatic heterocycles. The Morgan fingerprint density at radius 1 is 1.28 bits per heavy atom. The van der Waals surface area contributed by atoms with Crippen LogP contribution in [0.1, 0.15) is 0 Å². The van der Waals surface area contributed by atoms with Gasteiger partial charge in [-0.2, -0.15) is 10.1 Å². The lowest BCUT2D eigenvalue weighted by Crippen LogP contribution is -1.87. The number of aromatic amines is 1. The molecule has 0 aliphatic carbocycles. The predicted octanol–water partition coefficient (Wildman–Crippen LogP) is 2.73. The standard InChI is InChI=1S/C8H5ClN6S3/c1-16-7-14-15-8(18-7)17-5-3-2-10-13-4(3)11-6(9)12-5/h2H,1H3,(H,10,11,12,13). The van der Waals surface area contributed by atoms with E-state index >= 15 is 0 Å². The van der Waals surface area contributed by atoms with E-state index in [0.29, 0.717) is 5.65 Å². The van der Waals surface area contributed by atoms with Crippen molar-refractivity contribution < 1.29 is 0 Å². The first-order valence-corrected chi connectivity index (χ1v) is 7.92. The summed E-state index contributed by atoms with van der Waals surface area (Å²) in [7, 11) is 0. The van der Waals surface area contributed by atoms with Crippen molar-refractivity contribution >= 4 is 57.5 Å². The van der Waals surface area contributed by atoms with Crippen molar-refractivity contribution in [2.24, 2.45) is 0 Å². The maximum atomic E-state index is 5.86. The Morgan fingerprint density at radius 2 is 2.11 bits per heavy atom. The van der Waals surface area contributed by atoms with Crippen molar-refractivity contribution in [1.29, 1.82) is 0 Å². The molecule has 3 aromatic rings. The number of aromatic nitrogens is 6. The summed E-state index contributed by atoms with van der Waals surface area (Å²) in [5.74, 6) is 0. The predicted molar refractivity (Wildman–Crippen MR) is 72.5 cm³/mol. The third-order valence-electron chi connectivity index (χ3n) is 1.99. The van der Waals surface area contributed by atoms with E-state index in [0.717, 1.165) is 19.1 Å². The minimum Gasteiger partial charge on any atom is -0.261 e. The topological polar surface area (TPSA) is 80.2 Å². The van der Waals surface area contributed by atoms with Crippen LogP contribution in [0.4, 0.5) is 0 Å². The van der Waals surface area contributed by atoms with Crippen molar-refractivity contribution in [2.45, 2.75) is 13.7 Å². The number of hydrogen-bond acceptors (Lipinski definition) is 8. The summed E-state index contributed by atoms with van der Waals surface area (Å²) in [5.41, 5.74) is 0.618. The lowest BCUT2D eigenvalue weighted by Gasteiger charge is -1.98. The zero-order valence-corrected chi connectivity index (χ0v) is 12.1. The number of hydrogen-bond donors (Lipinski definition) is 1. The van der Waals surface area contributed by atoms with Gasteiger partial charge >= 0.3 is 0 Å². The second-order valence-corrected chi connectivity index (χ2v) is 6.68. The van der Waals surface area contributed by atoms with Gasteiger partial charge in [-0.05, 0) is 29.6 Å². The van der Waals surface area contributed by atoms with Crippen LogP contribution >= 0.6 is 46.5 Å². The number of nitrogens with one attached hydrogen (secondary N) is 1. The first kappa shape index (κ1) is 12.2. The smallest absolute Gasteiger partial charge is 0.225 e. The van der Waals surface area contributed by atoms with Crippen LogP contribution in [0.2, 0.25) is 5.28 Å². The molecule has 18 heavy (non-hydrogen) atoms. The van der Waals surface area contributed by atoms with Crippen LogP contribution in [-0.4, -0.2) is 36.6 Å². The minimum absolute atomic E-state index is 0.184. The summed E-state index contributed by atoms with van der Waals surface area (Å²) in [6.07, 6.45) is 3.63. The second kappa shape index (κ2) is 5.00. The van der Waals surface area contributed by atoms with Crippen LogP contribution in [0.25, 0.3) is 11.0 Å². The number of H-pyrrole nitrogens is 1. The molecule has 10 heteroatoms. The van der Waals surface area contributed by atoms with Gasteiger partial charge in [0, 0.05) is 0 Å². The molecule has 92 valence electrons. The van der Waals surface area contributed by atoms with Gasteiger partial charge < -0.3 is 0 Å². The average Bonchev–Trinajstić information content (AvgIpc) is 2.97. The fraction of sp³-hybridized carbons (Fsp3) is 0.125. The fourth-order valence-electron chi connectivity index (χ4n) is 1.26. The number of halogens is 1. The SMILES string of the molecule is CSc1nnc(Sc2nc(Cl)nc3[nH]ncc23)s1. The summed E-state index contributed by atoms with van der Waals surface area (Å²) < 4.78 is 1.73. The first-order chi connectivity index (χ1) is 8.76. The largest absolute Gasteiger partial charge is 0.261 e. The molecular formula is C8H5ClN6S3. The maximum absolute atomic E-state index is 5.86. The molecule has 0 radical (unpaired) electrons. The molecule has 1 N–H and O–H groups in total. The van der Waals surface area contributed by atoms with Gasteiger partial charge in [-0.3, -0.25) is 5.10 Å². The summed E-state index contributed by atoms with van der Waals surface area (Å²) in [6, 6.07) is 0. The Labute approximate surface area is 119 Å². The molecule has 0 unspecified atom stereocenters. The van der Waals surface area contributed by atoms with E-state index in [-0.39, 0.29) is 5.28 Å². The lowest BCUT2D eigenvalue weighted by molar-refractivity contribution is 0.953. The molecule has 0 spiro atoms. The van der Waals surface area contributed by atoms with Gasteiger partial charge in [-0.25, -0.2) is 4.98 Å². The van der Waals surface area contributed by atoms with Gasteiger partial charge in [0.1, 0.15) is 5.03 Å². The number of rotatable bonds is 3. The Kier molecular flexibility index (Phi) is 3.37. The second-order valence-electron chi connectivity index (χ2n) is 3.07. The van der Waals surface area contributed by atoms with Gasteiger partial charge in [0.25, 0.3) is 0 Å². The van der Waals surface area contributed by atoms with E-state index in [1.165, 1.54) is 23.1 Å². The Hall–Kier alpha value is -0.900. The van der Waals surface area contributed by atoms with Crippen molar-refractivity contribution in [3.05, 3.63) is 11.5 Å². The zero-order valence-electron chi connectivity index (χ0n) is 8.92. The van der Waals surface area contributed by atoms with Gasteiger partial charge in [-0.1, -0.05) is 23.1 Å². The van der Waals surface area contributed by atoms with E-state index in [2.05, 4.69) is 30.4 Å².